The predicted octanol–water partition coefficient (Wildman–Crippen LogP) is 2.22. The van der Waals surface area contributed by atoms with Crippen LogP contribution in [0.15, 0.2) is 4.99 Å². The topological polar surface area (TPSA) is 65.0 Å². The number of hydrogen-bond donors (Lipinski definition) is 1. The summed E-state index contributed by atoms with van der Waals surface area (Å²) in [4.78, 5) is 9.50. The Morgan fingerprint density at radius 2 is 1.85 bits per heavy atom. The molecule has 0 aromatic rings. The summed E-state index contributed by atoms with van der Waals surface area (Å²) >= 11 is 0. The van der Waals surface area contributed by atoms with Gasteiger partial charge in [0, 0.05) is 25.7 Å². The van der Waals surface area contributed by atoms with Crippen molar-refractivity contribution in [2.24, 2.45) is 10.9 Å². The molecule has 1 saturated heterocycles. The first-order valence-electron chi connectivity index (χ1n) is 10.1. The van der Waals surface area contributed by atoms with Gasteiger partial charge in [0.1, 0.15) is 0 Å². The second-order valence-corrected chi connectivity index (χ2v) is 10.9. The molecular formula is C19H40N4O2S. The van der Waals surface area contributed by atoms with E-state index in [4.69, 9.17) is 4.99 Å². The lowest BCUT2D eigenvalue weighted by Crippen LogP contribution is -2.57. The van der Waals surface area contributed by atoms with Gasteiger partial charge in [-0.05, 0) is 46.2 Å². The van der Waals surface area contributed by atoms with Crippen LogP contribution in [0.1, 0.15) is 54.9 Å². The monoisotopic (exact) mass is 388 g/mol. The second kappa shape index (κ2) is 9.93. The molecule has 1 rings (SSSR count). The Labute approximate surface area is 161 Å². The molecule has 1 aliphatic rings. The van der Waals surface area contributed by atoms with Gasteiger partial charge in [0.05, 0.1) is 17.0 Å². The van der Waals surface area contributed by atoms with E-state index < -0.39 is 14.6 Å². The SMILES string of the molecule is CCNC(=NCC(CC(C)C)N(CC)CC)N1CCS(=O)(=O)C(C)(C)C1. The zero-order valence-electron chi connectivity index (χ0n) is 17.9. The van der Waals surface area contributed by atoms with Crippen molar-refractivity contribution in [3.63, 3.8) is 0 Å². The van der Waals surface area contributed by atoms with Crippen molar-refractivity contribution >= 4 is 15.8 Å². The average Bonchev–Trinajstić information content (AvgIpc) is 2.54. The van der Waals surface area contributed by atoms with Crippen molar-refractivity contribution < 1.29 is 8.42 Å². The molecule has 0 amide bonds. The minimum absolute atomic E-state index is 0.190. The predicted molar refractivity (Wildman–Crippen MR) is 112 cm³/mol. The molecular weight excluding hydrogens is 348 g/mol. The number of nitrogens with zero attached hydrogens (tertiary/aromatic N) is 3. The third-order valence-corrected chi connectivity index (χ3v) is 7.73. The van der Waals surface area contributed by atoms with Crippen LogP contribution in [0.2, 0.25) is 0 Å². The number of nitrogens with one attached hydrogen (secondary N) is 1. The van der Waals surface area contributed by atoms with E-state index in [0.29, 0.717) is 25.0 Å². The van der Waals surface area contributed by atoms with E-state index in [-0.39, 0.29) is 5.75 Å². The van der Waals surface area contributed by atoms with Crippen LogP contribution in [-0.4, -0.2) is 80.0 Å². The third kappa shape index (κ3) is 6.12. The maximum Gasteiger partial charge on any atom is 0.194 e. The smallest absolute Gasteiger partial charge is 0.194 e. The van der Waals surface area contributed by atoms with Gasteiger partial charge in [0.25, 0.3) is 0 Å². The van der Waals surface area contributed by atoms with Crippen LogP contribution in [-0.2, 0) is 9.84 Å². The fourth-order valence-corrected chi connectivity index (χ4v) is 4.93. The van der Waals surface area contributed by atoms with Crippen molar-refractivity contribution in [1.82, 2.24) is 15.1 Å². The van der Waals surface area contributed by atoms with Gasteiger partial charge in [-0.25, -0.2) is 8.42 Å². The summed E-state index contributed by atoms with van der Waals surface area (Å²) in [7, 11) is -3.04. The van der Waals surface area contributed by atoms with Crippen molar-refractivity contribution in [2.45, 2.75) is 65.7 Å². The second-order valence-electron chi connectivity index (χ2n) is 8.20. The number of hydrogen-bond acceptors (Lipinski definition) is 4. The first-order valence-corrected chi connectivity index (χ1v) is 11.7. The first-order chi connectivity index (χ1) is 12.1. The van der Waals surface area contributed by atoms with Crippen molar-refractivity contribution in [3.8, 4) is 0 Å². The quantitative estimate of drug-likeness (QED) is 0.510. The number of rotatable bonds is 8. The van der Waals surface area contributed by atoms with Crippen LogP contribution < -0.4 is 5.32 Å². The van der Waals surface area contributed by atoms with Crippen molar-refractivity contribution in [3.05, 3.63) is 0 Å². The summed E-state index contributed by atoms with van der Waals surface area (Å²) in [5.74, 6) is 1.66. The van der Waals surface area contributed by atoms with E-state index in [1.165, 1.54) is 0 Å². The molecule has 0 aromatic heterocycles. The van der Waals surface area contributed by atoms with Crippen molar-refractivity contribution in [1.29, 1.82) is 0 Å². The number of likely N-dealkylation sites (N-methyl/N-ethyl adjacent to an activating group) is 1. The molecule has 26 heavy (non-hydrogen) atoms. The normalized spacial score (nSPS) is 21.3. The molecule has 6 nitrogen and oxygen atoms in total. The summed E-state index contributed by atoms with van der Waals surface area (Å²) in [5.41, 5.74) is 0. The summed E-state index contributed by atoms with van der Waals surface area (Å²) < 4.78 is 23.8. The summed E-state index contributed by atoms with van der Waals surface area (Å²) in [6, 6.07) is 0.417. The lowest BCUT2D eigenvalue weighted by molar-refractivity contribution is 0.195. The maximum atomic E-state index is 12.3. The van der Waals surface area contributed by atoms with Gasteiger partial charge >= 0.3 is 0 Å². The van der Waals surface area contributed by atoms with Gasteiger partial charge in [-0.3, -0.25) is 9.89 Å². The van der Waals surface area contributed by atoms with Gasteiger partial charge in [0.2, 0.25) is 0 Å². The molecule has 0 spiro atoms. The number of guanidine groups is 1. The van der Waals surface area contributed by atoms with E-state index in [0.717, 1.165) is 38.6 Å². The van der Waals surface area contributed by atoms with Crippen LogP contribution in [0.4, 0.5) is 0 Å². The highest BCUT2D eigenvalue weighted by molar-refractivity contribution is 7.92. The standard InChI is InChI=1S/C19H40N4O2S/c1-8-20-18(23-11-12-26(24,25)19(6,7)15-23)21-14-17(13-16(4)5)22(9-2)10-3/h16-17H,8-15H2,1-7H3,(H,20,21). The Balaban J connectivity index is 2.96. The molecule has 0 radical (unpaired) electrons. The Hall–Kier alpha value is -0.820. The maximum absolute atomic E-state index is 12.3. The van der Waals surface area contributed by atoms with Crippen LogP contribution in [0.3, 0.4) is 0 Å². The fourth-order valence-electron chi connectivity index (χ4n) is 3.57. The minimum atomic E-state index is -3.04. The molecule has 0 bridgehead atoms. The lowest BCUT2D eigenvalue weighted by Gasteiger charge is -2.39. The molecule has 0 aliphatic carbocycles. The first kappa shape index (κ1) is 23.2. The van der Waals surface area contributed by atoms with Crippen LogP contribution in [0, 0.1) is 5.92 Å². The van der Waals surface area contributed by atoms with Crippen molar-refractivity contribution in [2.75, 3.05) is 45.0 Å². The number of aliphatic imine (C=N–C) groups is 1. The molecule has 0 aromatic carbocycles. The van der Waals surface area contributed by atoms with Gasteiger partial charge in [0.15, 0.2) is 15.8 Å². The molecule has 1 unspecified atom stereocenters. The zero-order valence-corrected chi connectivity index (χ0v) is 18.7. The molecule has 0 saturated carbocycles. The summed E-state index contributed by atoms with van der Waals surface area (Å²) in [6.07, 6.45) is 1.12. The molecule has 1 aliphatic heterocycles. The minimum Gasteiger partial charge on any atom is -0.357 e. The van der Waals surface area contributed by atoms with Gasteiger partial charge in [-0.1, -0.05) is 27.7 Å². The fraction of sp³-hybridized carbons (Fsp3) is 0.947. The highest BCUT2D eigenvalue weighted by atomic mass is 32.2. The molecule has 1 heterocycles. The van der Waals surface area contributed by atoms with E-state index in [1.807, 2.05) is 13.8 Å². The average molecular weight is 389 g/mol. The van der Waals surface area contributed by atoms with Crippen LogP contribution in [0.5, 0.6) is 0 Å². The van der Waals surface area contributed by atoms with E-state index >= 15 is 0 Å². The van der Waals surface area contributed by atoms with Crippen LogP contribution >= 0.6 is 0 Å². The molecule has 1 fully saturated rings. The highest BCUT2D eigenvalue weighted by Crippen LogP contribution is 2.24. The van der Waals surface area contributed by atoms with Crippen LogP contribution in [0.25, 0.3) is 0 Å². The zero-order chi connectivity index (χ0) is 20.0. The molecule has 1 atom stereocenters. The lowest BCUT2D eigenvalue weighted by atomic mass is 10.0. The molecule has 154 valence electrons. The van der Waals surface area contributed by atoms with E-state index in [2.05, 4.69) is 49.7 Å². The highest BCUT2D eigenvalue weighted by Gasteiger charge is 2.41. The largest absolute Gasteiger partial charge is 0.357 e. The van der Waals surface area contributed by atoms with Gasteiger partial charge < -0.3 is 10.2 Å². The molecule has 1 N–H and O–H groups in total. The van der Waals surface area contributed by atoms with E-state index in [1.54, 1.807) is 0 Å². The summed E-state index contributed by atoms with van der Waals surface area (Å²) in [6.45, 7) is 19.2. The van der Waals surface area contributed by atoms with Gasteiger partial charge in [-0.15, -0.1) is 0 Å². The Morgan fingerprint density at radius 3 is 2.31 bits per heavy atom. The third-order valence-electron chi connectivity index (χ3n) is 5.20. The Bertz CT molecular complexity index is 554. The molecule has 7 heteroatoms. The number of sulfone groups is 1. The van der Waals surface area contributed by atoms with Gasteiger partial charge in [-0.2, -0.15) is 0 Å². The summed E-state index contributed by atoms with van der Waals surface area (Å²) in [5, 5.41) is 3.36. The Kier molecular flexibility index (Phi) is 8.86. The van der Waals surface area contributed by atoms with E-state index in [9.17, 15) is 8.42 Å². The Morgan fingerprint density at radius 1 is 1.23 bits per heavy atom.